The third-order valence-corrected chi connectivity index (χ3v) is 7.56. The molecule has 0 bridgehead atoms. The second-order valence-electron chi connectivity index (χ2n) is 10.2. The van der Waals surface area contributed by atoms with E-state index in [4.69, 9.17) is 26.1 Å². The molecule has 6 nitrogen and oxygen atoms in total. The number of aromatic nitrogens is 2. The van der Waals surface area contributed by atoms with Gasteiger partial charge in [-0.2, -0.15) is 0 Å². The van der Waals surface area contributed by atoms with Crippen molar-refractivity contribution in [2.24, 2.45) is 0 Å². The molecule has 0 saturated carbocycles. The van der Waals surface area contributed by atoms with E-state index in [0.29, 0.717) is 42.3 Å². The van der Waals surface area contributed by atoms with Crippen molar-refractivity contribution >= 4 is 23.2 Å². The van der Waals surface area contributed by atoms with E-state index in [1.807, 2.05) is 48.5 Å². The van der Waals surface area contributed by atoms with Crippen LogP contribution in [0.25, 0.3) is 28.0 Å². The van der Waals surface area contributed by atoms with Crippen LogP contribution in [-0.4, -0.2) is 36.1 Å². The van der Waals surface area contributed by atoms with E-state index in [0.717, 1.165) is 33.7 Å². The molecule has 5 aromatic rings. The minimum absolute atomic E-state index is 0.00633. The monoisotopic (exact) mass is 567 g/mol. The summed E-state index contributed by atoms with van der Waals surface area (Å²) in [5.41, 5.74) is 9.44. The summed E-state index contributed by atoms with van der Waals surface area (Å²) in [4.78, 5) is 17.9. The second-order valence-corrected chi connectivity index (χ2v) is 10.6. The van der Waals surface area contributed by atoms with Crippen LogP contribution >= 0.6 is 11.6 Å². The Hall–Kier alpha value is -4.29. The lowest BCUT2D eigenvalue weighted by Gasteiger charge is -2.11. The van der Waals surface area contributed by atoms with Gasteiger partial charge in [0.05, 0.1) is 25.6 Å². The number of nitrogens with one attached hydrogen (secondary N) is 1. The van der Waals surface area contributed by atoms with E-state index in [1.165, 1.54) is 16.7 Å². The van der Waals surface area contributed by atoms with Gasteiger partial charge in [-0.1, -0.05) is 53.6 Å². The van der Waals surface area contributed by atoms with Crippen LogP contribution < -0.4 is 14.8 Å². The van der Waals surface area contributed by atoms with E-state index >= 15 is 0 Å². The molecule has 0 aliphatic heterocycles. The van der Waals surface area contributed by atoms with Crippen molar-refractivity contribution < 1.29 is 14.3 Å². The summed E-state index contributed by atoms with van der Waals surface area (Å²) in [5, 5.41) is 3.74. The summed E-state index contributed by atoms with van der Waals surface area (Å²) >= 11 is 6.17. The standard InChI is InChI=1S/C34H34ClN3O3/c1-22-5-6-23(2)28(19-22)26-10-15-32-37-34(25-8-11-27(35)12-9-25)29(38(32)21-26)13-16-33(39)36-18-17-24-7-14-30(40-3)31(20-24)41-4/h5-12,14-15,19-21H,13,16-18H2,1-4H3,(H,36,39). The van der Waals surface area contributed by atoms with E-state index in [1.54, 1.807) is 14.2 Å². The molecule has 0 aliphatic rings. The average molecular weight is 568 g/mol. The molecule has 210 valence electrons. The predicted octanol–water partition coefficient (Wildman–Crippen LogP) is 7.25. The number of benzene rings is 3. The molecular weight excluding hydrogens is 534 g/mol. The minimum atomic E-state index is -0.00633. The number of nitrogens with zero attached hydrogens (tertiary/aromatic N) is 2. The molecule has 0 atom stereocenters. The molecule has 41 heavy (non-hydrogen) atoms. The highest BCUT2D eigenvalue weighted by Crippen LogP contribution is 2.31. The first-order valence-corrected chi connectivity index (χ1v) is 14.1. The highest BCUT2D eigenvalue weighted by atomic mass is 35.5. The minimum Gasteiger partial charge on any atom is -0.493 e. The Morgan fingerprint density at radius 2 is 1.63 bits per heavy atom. The number of rotatable bonds is 10. The number of amides is 1. The summed E-state index contributed by atoms with van der Waals surface area (Å²) in [6.45, 7) is 4.76. The van der Waals surface area contributed by atoms with Crippen LogP contribution in [0, 0.1) is 13.8 Å². The van der Waals surface area contributed by atoms with Crippen LogP contribution in [0.1, 0.15) is 28.8 Å². The maximum Gasteiger partial charge on any atom is 0.220 e. The molecular formula is C34H34ClN3O3. The summed E-state index contributed by atoms with van der Waals surface area (Å²) in [7, 11) is 3.23. The van der Waals surface area contributed by atoms with E-state index < -0.39 is 0 Å². The van der Waals surface area contributed by atoms with Gasteiger partial charge in [0, 0.05) is 29.7 Å². The number of methoxy groups -OCH3 is 2. The normalized spacial score (nSPS) is 11.0. The lowest BCUT2D eigenvalue weighted by Crippen LogP contribution is -2.26. The Bertz CT molecular complexity index is 1690. The van der Waals surface area contributed by atoms with Crippen LogP contribution in [0.4, 0.5) is 0 Å². The van der Waals surface area contributed by atoms with Crippen molar-refractivity contribution in [3.63, 3.8) is 0 Å². The summed E-state index contributed by atoms with van der Waals surface area (Å²) in [6.07, 6.45) is 3.70. The van der Waals surface area contributed by atoms with E-state index in [9.17, 15) is 4.79 Å². The molecule has 7 heteroatoms. The number of aryl methyl sites for hydroxylation is 3. The first kappa shape index (κ1) is 28.2. The van der Waals surface area contributed by atoms with Gasteiger partial charge < -0.3 is 19.2 Å². The lowest BCUT2D eigenvalue weighted by molar-refractivity contribution is -0.121. The second kappa shape index (κ2) is 12.5. The first-order chi connectivity index (χ1) is 19.9. The molecule has 3 aromatic carbocycles. The van der Waals surface area contributed by atoms with Gasteiger partial charge in [-0.3, -0.25) is 4.79 Å². The number of hydrogen-bond donors (Lipinski definition) is 1. The molecule has 2 aromatic heterocycles. The van der Waals surface area contributed by atoms with Crippen LogP contribution in [0.3, 0.4) is 0 Å². The van der Waals surface area contributed by atoms with Gasteiger partial charge in [0.25, 0.3) is 0 Å². The van der Waals surface area contributed by atoms with Gasteiger partial charge in [-0.25, -0.2) is 4.98 Å². The third kappa shape index (κ3) is 6.39. The van der Waals surface area contributed by atoms with Crippen molar-refractivity contribution in [3.05, 3.63) is 106 Å². The Labute approximate surface area is 245 Å². The lowest BCUT2D eigenvalue weighted by atomic mass is 10.00. The summed E-state index contributed by atoms with van der Waals surface area (Å²) in [5.74, 6) is 1.36. The third-order valence-electron chi connectivity index (χ3n) is 7.31. The topological polar surface area (TPSA) is 64.9 Å². The number of fused-ring (bicyclic) bond motifs is 1. The molecule has 0 radical (unpaired) electrons. The molecule has 0 spiro atoms. The highest BCUT2D eigenvalue weighted by molar-refractivity contribution is 6.30. The number of carbonyl (C=O) groups is 1. The van der Waals surface area contributed by atoms with Gasteiger partial charge in [0.1, 0.15) is 5.65 Å². The van der Waals surface area contributed by atoms with E-state index in [2.05, 4.69) is 54.0 Å². The fourth-order valence-corrected chi connectivity index (χ4v) is 5.21. The SMILES string of the molecule is COc1ccc(CCNC(=O)CCc2c(-c3ccc(Cl)cc3)nc3ccc(-c4cc(C)ccc4C)cn23)cc1OC. The molecule has 0 fully saturated rings. The number of hydrogen-bond acceptors (Lipinski definition) is 4. The molecule has 0 aliphatic carbocycles. The average Bonchev–Trinajstić information content (AvgIpc) is 3.35. The van der Waals surface area contributed by atoms with Crippen LogP contribution in [0.5, 0.6) is 11.5 Å². The van der Waals surface area contributed by atoms with Crippen molar-refractivity contribution in [2.75, 3.05) is 20.8 Å². The fourth-order valence-electron chi connectivity index (χ4n) is 5.08. The largest absolute Gasteiger partial charge is 0.493 e. The maximum absolute atomic E-state index is 12.9. The van der Waals surface area contributed by atoms with Crippen molar-refractivity contribution in [2.45, 2.75) is 33.1 Å². The summed E-state index contributed by atoms with van der Waals surface area (Å²) in [6, 6.07) is 24.1. The Balaban J connectivity index is 1.37. The van der Waals surface area contributed by atoms with Crippen LogP contribution in [0.15, 0.2) is 79.0 Å². The molecule has 1 amide bonds. The molecule has 0 unspecified atom stereocenters. The molecule has 1 N–H and O–H groups in total. The van der Waals surface area contributed by atoms with Gasteiger partial charge in [-0.05, 0) is 85.3 Å². The predicted molar refractivity (Wildman–Crippen MR) is 165 cm³/mol. The number of halogens is 1. The van der Waals surface area contributed by atoms with E-state index in [-0.39, 0.29) is 5.91 Å². The Morgan fingerprint density at radius 1 is 0.878 bits per heavy atom. The van der Waals surface area contributed by atoms with Gasteiger partial charge in [0.2, 0.25) is 5.91 Å². The number of pyridine rings is 1. The first-order valence-electron chi connectivity index (χ1n) is 13.7. The zero-order chi connectivity index (χ0) is 28.9. The number of ether oxygens (including phenoxy) is 2. The van der Waals surface area contributed by atoms with Crippen LogP contribution in [-0.2, 0) is 17.6 Å². The molecule has 0 saturated heterocycles. The number of imidazole rings is 1. The number of carbonyl (C=O) groups excluding carboxylic acids is 1. The highest BCUT2D eigenvalue weighted by Gasteiger charge is 2.17. The van der Waals surface area contributed by atoms with Gasteiger partial charge >= 0.3 is 0 Å². The Kier molecular flexibility index (Phi) is 8.60. The molecule has 5 rings (SSSR count). The van der Waals surface area contributed by atoms with Crippen molar-refractivity contribution in [3.8, 4) is 33.9 Å². The van der Waals surface area contributed by atoms with Crippen molar-refractivity contribution in [1.29, 1.82) is 0 Å². The molecule has 2 heterocycles. The van der Waals surface area contributed by atoms with Gasteiger partial charge in [-0.15, -0.1) is 0 Å². The zero-order valence-corrected chi connectivity index (χ0v) is 24.6. The fraction of sp³-hybridized carbons (Fsp3) is 0.235. The van der Waals surface area contributed by atoms with Crippen molar-refractivity contribution in [1.82, 2.24) is 14.7 Å². The Morgan fingerprint density at radius 3 is 2.39 bits per heavy atom. The summed E-state index contributed by atoms with van der Waals surface area (Å²) < 4.78 is 12.8. The zero-order valence-electron chi connectivity index (χ0n) is 23.8. The quantitative estimate of drug-likeness (QED) is 0.193. The van der Waals surface area contributed by atoms with Gasteiger partial charge in [0.15, 0.2) is 11.5 Å². The maximum atomic E-state index is 12.9. The smallest absolute Gasteiger partial charge is 0.220 e. The van der Waals surface area contributed by atoms with Crippen LogP contribution in [0.2, 0.25) is 5.02 Å².